The van der Waals surface area contributed by atoms with Gasteiger partial charge in [-0.1, -0.05) is 12.1 Å². The lowest BCUT2D eigenvalue weighted by molar-refractivity contribution is -0.133. The maximum absolute atomic E-state index is 12.3. The number of anilines is 1. The Hall–Kier alpha value is -2.78. The summed E-state index contributed by atoms with van der Waals surface area (Å²) in [6, 6.07) is 9.92. The standard InChI is InChI=1S/C19H24N4O4S/c1-14-10-11-21-17(12-14)22-18(24)13-23(3)19(25)9-6-15-4-7-16(8-5-15)28(26,27)20-2/h4-5,7-8,10-12,20H,6,9,13H2,1-3H3,(H,21,22,24). The number of hydrogen-bond donors (Lipinski definition) is 2. The van der Waals surface area contributed by atoms with E-state index in [4.69, 9.17) is 0 Å². The number of likely N-dealkylation sites (N-methyl/N-ethyl adjacent to an activating group) is 1. The molecule has 8 nitrogen and oxygen atoms in total. The number of amides is 2. The number of hydrogen-bond acceptors (Lipinski definition) is 5. The van der Waals surface area contributed by atoms with Gasteiger partial charge in [0.15, 0.2) is 0 Å². The summed E-state index contributed by atoms with van der Waals surface area (Å²) in [5.74, 6) is -0.0580. The van der Waals surface area contributed by atoms with Crippen molar-refractivity contribution >= 4 is 27.7 Å². The molecular formula is C19H24N4O4S. The van der Waals surface area contributed by atoms with E-state index in [1.807, 2.05) is 13.0 Å². The molecule has 0 spiro atoms. The first-order chi connectivity index (χ1) is 13.2. The fourth-order valence-electron chi connectivity index (χ4n) is 2.49. The van der Waals surface area contributed by atoms with E-state index >= 15 is 0 Å². The third-order valence-corrected chi connectivity index (χ3v) is 5.55. The van der Waals surface area contributed by atoms with Crippen molar-refractivity contribution in [3.63, 3.8) is 0 Å². The van der Waals surface area contributed by atoms with Crippen LogP contribution in [0.2, 0.25) is 0 Å². The fourth-order valence-corrected chi connectivity index (χ4v) is 3.22. The molecule has 9 heteroatoms. The Morgan fingerprint density at radius 2 is 1.82 bits per heavy atom. The first-order valence-corrected chi connectivity index (χ1v) is 10.2. The van der Waals surface area contributed by atoms with E-state index in [2.05, 4.69) is 15.0 Å². The van der Waals surface area contributed by atoms with E-state index in [0.717, 1.165) is 11.1 Å². The van der Waals surface area contributed by atoms with Crippen LogP contribution in [0.25, 0.3) is 0 Å². The third kappa shape index (κ3) is 6.14. The molecular weight excluding hydrogens is 380 g/mol. The van der Waals surface area contributed by atoms with Crippen LogP contribution in [0.5, 0.6) is 0 Å². The number of rotatable bonds is 8. The van der Waals surface area contributed by atoms with Gasteiger partial charge in [0.2, 0.25) is 21.8 Å². The molecule has 2 amide bonds. The van der Waals surface area contributed by atoms with Crippen LogP contribution >= 0.6 is 0 Å². The zero-order valence-corrected chi connectivity index (χ0v) is 16.9. The number of nitrogens with zero attached hydrogens (tertiary/aromatic N) is 2. The van der Waals surface area contributed by atoms with E-state index < -0.39 is 10.0 Å². The van der Waals surface area contributed by atoms with Gasteiger partial charge in [-0.15, -0.1) is 0 Å². The number of pyridine rings is 1. The summed E-state index contributed by atoms with van der Waals surface area (Å²) >= 11 is 0. The molecule has 2 aromatic rings. The first-order valence-electron chi connectivity index (χ1n) is 8.70. The Kier molecular flexibility index (Phi) is 7.24. The van der Waals surface area contributed by atoms with Crippen LogP contribution in [-0.4, -0.2) is 50.8 Å². The van der Waals surface area contributed by atoms with Gasteiger partial charge in [-0.25, -0.2) is 18.1 Å². The number of sulfonamides is 1. The van der Waals surface area contributed by atoms with E-state index in [-0.39, 0.29) is 29.7 Å². The van der Waals surface area contributed by atoms with Crippen molar-refractivity contribution in [2.75, 3.05) is 26.0 Å². The van der Waals surface area contributed by atoms with Crippen LogP contribution in [0, 0.1) is 6.92 Å². The zero-order chi connectivity index (χ0) is 20.7. The number of nitrogens with one attached hydrogen (secondary N) is 2. The average Bonchev–Trinajstić information content (AvgIpc) is 2.66. The monoisotopic (exact) mass is 404 g/mol. The molecule has 1 aromatic heterocycles. The Morgan fingerprint density at radius 3 is 2.43 bits per heavy atom. The molecule has 0 aliphatic rings. The summed E-state index contributed by atoms with van der Waals surface area (Å²) in [6.07, 6.45) is 2.27. The van der Waals surface area contributed by atoms with Crippen LogP contribution in [0.3, 0.4) is 0 Å². The quantitative estimate of drug-likeness (QED) is 0.690. The largest absolute Gasteiger partial charge is 0.336 e. The van der Waals surface area contributed by atoms with Crippen molar-refractivity contribution < 1.29 is 18.0 Å². The van der Waals surface area contributed by atoms with E-state index in [9.17, 15) is 18.0 Å². The van der Waals surface area contributed by atoms with Gasteiger partial charge >= 0.3 is 0 Å². The van der Waals surface area contributed by atoms with Gasteiger partial charge in [0.05, 0.1) is 11.4 Å². The molecule has 0 aliphatic heterocycles. The van der Waals surface area contributed by atoms with Gasteiger partial charge in [-0.3, -0.25) is 9.59 Å². The van der Waals surface area contributed by atoms with Gasteiger partial charge in [-0.05, 0) is 55.8 Å². The summed E-state index contributed by atoms with van der Waals surface area (Å²) in [7, 11) is -0.563. The highest BCUT2D eigenvalue weighted by Gasteiger charge is 2.14. The number of carbonyl (C=O) groups is 2. The molecule has 0 atom stereocenters. The Balaban J connectivity index is 1.84. The molecule has 28 heavy (non-hydrogen) atoms. The Morgan fingerprint density at radius 1 is 1.14 bits per heavy atom. The summed E-state index contributed by atoms with van der Waals surface area (Å²) in [6.45, 7) is 1.82. The van der Waals surface area contributed by atoms with Crippen molar-refractivity contribution in [2.24, 2.45) is 0 Å². The summed E-state index contributed by atoms with van der Waals surface area (Å²) < 4.78 is 25.7. The van der Waals surface area contributed by atoms with E-state index in [1.165, 1.54) is 24.1 Å². The lowest BCUT2D eigenvalue weighted by Crippen LogP contribution is -2.35. The van der Waals surface area contributed by atoms with Gasteiger partial charge in [-0.2, -0.15) is 0 Å². The summed E-state index contributed by atoms with van der Waals surface area (Å²) in [4.78, 5) is 29.9. The predicted octanol–water partition coefficient (Wildman–Crippen LogP) is 1.33. The van der Waals surface area contributed by atoms with Crippen molar-refractivity contribution in [3.05, 3.63) is 53.7 Å². The highest BCUT2D eigenvalue weighted by Crippen LogP contribution is 2.12. The van der Waals surface area contributed by atoms with Gasteiger partial charge < -0.3 is 10.2 Å². The van der Waals surface area contributed by atoms with Crippen molar-refractivity contribution in [1.82, 2.24) is 14.6 Å². The lowest BCUT2D eigenvalue weighted by Gasteiger charge is -2.16. The molecule has 0 radical (unpaired) electrons. The molecule has 1 aromatic carbocycles. The molecule has 150 valence electrons. The van der Waals surface area contributed by atoms with Crippen LogP contribution in [0.15, 0.2) is 47.5 Å². The molecule has 0 unspecified atom stereocenters. The normalized spacial score (nSPS) is 11.1. The van der Waals surface area contributed by atoms with Crippen LogP contribution in [-0.2, 0) is 26.0 Å². The molecule has 2 rings (SSSR count). The Labute approximate surface area is 165 Å². The second kappa shape index (κ2) is 9.43. The molecule has 1 heterocycles. The highest BCUT2D eigenvalue weighted by atomic mass is 32.2. The number of carbonyl (C=O) groups excluding carboxylic acids is 2. The minimum atomic E-state index is -3.48. The topological polar surface area (TPSA) is 108 Å². The molecule has 0 saturated heterocycles. The van der Waals surface area contributed by atoms with Crippen molar-refractivity contribution in [1.29, 1.82) is 0 Å². The number of benzene rings is 1. The zero-order valence-electron chi connectivity index (χ0n) is 16.1. The van der Waals surface area contributed by atoms with E-state index in [0.29, 0.717) is 12.2 Å². The first kappa shape index (κ1) is 21.5. The maximum Gasteiger partial charge on any atom is 0.245 e. The van der Waals surface area contributed by atoms with Crippen molar-refractivity contribution in [2.45, 2.75) is 24.7 Å². The SMILES string of the molecule is CNS(=O)(=O)c1ccc(CCC(=O)N(C)CC(=O)Nc2cc(C)ccn2)cc1. The molecule has 2 N–H and O–H groups in total. The summed E-state index contributed by atoms with van der Waals surface area (Å²) in [5.41, 5.74) is 1.81. The lowest BCUT2D eigenvalue weighted by atomic mass is 10.1. The molecule has 0 fully saturated rings. The predicted molar refractivity (Wildman–Crippen MR) is 106 cm³/mol. The Bertz CT molecular complexity index is 943. The minimum absolute atomic E-state index is 0.0756. The van der Waals surface area contributed by atoms with E-state index in [1.54, 1.807) is 31.4 Å². The second-order valence-corrected chi connectivity index (χ2v) is 8.25. The van der Waals surface area contributed by atoms with Crippen LogP contribution in [0.4, 0.5) is 5.82 Å². The van der Waals surface area contributed by atoms with Crippen LogP contribution < -0.4 is 10.0 Å². The fraction of sp³-hybridized carbons (Fsp3) is 0.316. The van der Waals surface area contributed by atoms with Gasteiger partial charge in [0.25, 0.3) is 0 Å². The highest BCUT2D eigenvalue weighted by molar-refractivity contribution is 7.89. The van der Waals surface area contributed by atoms with Gasteiger partial charge in [0, 0.05) is 19.7 Å². The smallest absolute Gasteiger partial charge is 0.245 e. The number of aryl methyl sites for hydroxylation is 2. The van der Waals surface area contributed by atoms with Gasteiger partial charge in [0.1, 0.15) is 5.82 Å². The molecule has 0 saturated carbocycles. The minimum Gasteiger partial charge on any atom is -0.336 e. The third-order valence-electron chi connectivity index (χ3n) is 4.12. The van der Waals surface area contributed by atoms with Crippen molar-refractivity contribution in [3.8, 4) is 0 Å². The van der Waals surface area contributed by atoms with Crippen LogP contribution in [0.1, 0.15) is 17.5 Å². The molecule has 0 bridgehead atoms. The number of aromatic nitrogens is 1. The molecule has 0 aliphatic carbocycles. The average molecular weight is 404 g/mol. The second-order valence-electron chi connectivity index (χ2n) is 6.37. The summed E-state index contributed by atoms with van der Waals surface area (Å²) in [5, 5.41) is 2.66. The maximum atomic E-state index is 12.3.